The van der Waals surface area contributed by atoms with Gasteiger partial charge in [-0.15, -0.1) is 11.8 Å². The molecule has 1 N–H and O–H groups in total. The normalized spacial score (nSPS) is 10.2. The highest BCUT2D eigenvalue weighted by Crippen LogP contribution is 2.22. The molecule has 24 heavy (non-hydrogen) atoms. The maximum atomic E-state index is 11.9. The number of halogens is 1. The molecule has 0 aliphatic carbocycles. The first-order chi connectivity index (χ1) is 11.7. The topological polar surface area (TPSA) is 47.6 Å². The number of benzene rings is 2. The van der Waals surface area contributed by atoms with E-state index in [9.17, 15) is 4.79 Å². The van der Waals surface area contributed by atoms with Gasteiger partial charge in [-0.05, 0) is 30.3 Å². The molecule has 0 spiro atoms. The molecular weight excluding hydrogens is 346 g/mol. The highest BCUT2D eigenvalue weighted by Gasteiger charge is 2.07. The molecule has 2 aromatic carbocycles. The fraction of sp³-hybridized carbons (Fsp3) is 0.278. The van der Waals surface area contributed by atoms with E-state index in [4.69, 9.17) is 21.1 Å². The summed E-state index contributed by atoms with van der Waals surface area (Å²) >= 11 is 7.51. The van der Waals surface area contributed by atoms with Crippen LogP contribution in [0.15, 0.2) is 48.5 Å². The van der Waals surface area contributed by atoms with Crippen LogP contribution < -0.4 is 14.8 Å². The summed E-state index contributed by atoms with van der Waals surface area (Å²) in [4.78, 5) is 11.9. The van der Waals surface area contributed by atoms with Crippen LogP contribution >= 0.6 is 23.4 Å². The van der Waals surface area contributed by atoms with Crippen molar-refractivity contribution in [3.05, 3.63) is 59.1 Å². The zero-order valence-corrected chi connectivity index (χ0v) is 15.0. The first-order valence-electron chi connectivity index (χ1n) is 7.54. The third kappa shape index (κ3) is 6.34. The van der Waals surface area contributed by atoms with Crippen LogP contribution in [0.1, 0.15) is 5.56 Å². The first-order valence-corrected chi connectivity index (χ1v) is 9.07. The van der Waals surface area contributed by atoms with E-state index in [0.717, 1.165) is 17.1 Å². The predicted molar refractivity (Wildman–Crippen MR) is 99.1 cm³/mol. The van der Waals surface area contributed by atoms with Crippen LogP contribution in [-0.2, 0) is 11.3 Å². The van der Waals surface area contributed by atoms with Crippen LogP contribution in [0.4, 0.5) is 0 Å². The molecule has 0 aliphatic rings. The fourth-order valence-electron chi connectivity index (χ4n) is 2.03. The first kappa shape index (κ1) is 18.5. The van der Waals surface area contributed by atoms with Gasteiger partial charge in [0.2, 0.25) is 5.91 Å². The van der Waals surface area contributed by atoms with Crippen LogP contribution in [-0.4, -0.2) is 31.1 Å². The summed E-state index contributed by atoms with van der Waals surface area (Å²) in [6.45, 7) is 0.966. The van der Waals surface area contributed by atoms with Gasteiger partial charge in [-0.2, -0.15) is 0 Å². The lowest BCUT2D eigenvalue weighted by Gasteiger charge is -2.10. The Morgan fingerprint density at radius 1 is 1.21 bits per heavy atom. The van der Waals surface area contributed by atoms with Crippen molar-refractivity contribution in [1.29, 1.82) is 0 Å². The van der Waals surface area contributed by atoms with E-state index in [2.05, 4.69) is 5.32 Å². The van der Waals surface area contributed by atoms with Gasteiger partial charge in [0, 0.05) is 22.9 Å². The van der Waals surface area contributed by atoms with Crippen molar-refractivity contribution < 1.29 is 14.3 Å². The van der Waals surface area contributed by atoms with Crippen molar-refractivity contribution in [2.24, 2.45) is 0 Å². The largest absolute Gasteiger partial charge is 0.496 e. The molecule has 6 heteroatoms. The van der Waals surface area contributed by atoms with Crippen molar-refractivity contribution in [2.75, 3.05) is 25.2 Å². The average molecular weight is 366 g/mol. The Morgan fingerprint density at radius 3 is 2.75 bits per heavy atom. The Morgan fingerprint density at radius 2 is 2.00 bits per heavy atom. The minimum atomic E-state index is -0.0262. The molecule has 2 rings (SSSR count). The number of thioether (sulfide) groups is 1. The summed E-state index contributed by atoms with van der Waals surface area (Å²) in [5.74, 6) is 2.67. The maximum absolute atomic E-state index is 11.9. The quantitative estimate of drug-likeness (QED) is 0.687. The van der Waals surface area contributed by atoms with Crippen molar-refractivity contribution >= 4 is 29.3 Å². The van der Waals surface area contributed by atoms with Crippen molar-refractivity contribution in [1.82, 2.24) is 5.32 Å². The lowest BCUT2D eigenvalue weighted by molar-refractivity contribution is -0.118. The monoisotopic (exact) mass is 365 g/mol. The summed E-state index contributed by atoms with van der Waals surface area (Å²) < 4.78 is 10.8. The standard InChI is InChI=1S/C18H20ClNO3S/c1-22-17-8-7-15(19)11-14(17)12-20-18(21)13-24-10-9-23-16-5-3-2-4-6-16/h2-8,11H,9-10,12-13H2,1H3,(H,20,21). The molecule has 4 nitrogen and oxygen atoms in total. The summed E-state index contributed by atoms with van der Waals surface area (Å²) in [6.07, 6.45) is 0. The van der Waals surface area contributed by atoms with Gasteiger partial charge < -0.3 is 14.8 Å². The molecule has 0 unspecified atom stereocenters. The zero-order chi connectivity index (χ0) is 17.2. The second kappa shape index (κ2) is 10.1. The molecule has 0 bridgehead atoms. The lowest BCUT2D eigenvalue weighted by atomic mass is 10.2. The fourth-order valence-corrected chi connectivity index (χ4v) is 2.86. The molecule has 1 amide bonds. The lowest BCUT2D eigenvalue weighted by Crippen LogP contribution is -2.25. The van der Waals surface area contributed by atoms with E-state index < -0.39 is 0 Å². The van der Waals surface area contributed by atoms with Crippen LogP contribution in [0.3, 0.4) is 0 Å². The maximum Gasteiger partial charge on any atom is 0.230 e. The number of nitrogens with one attached hydrogen (secondary N) is 1. The summed E-state index contributed by atoms with van der Waals surface area (Å²) in [5.41, 5.74) is 0.857. The zero-order valence-electron chi connectivity index (χ0n) is 13.5. The van der Waals surface area contributed by atoms with E-state index in [1.54, 1.807) is 25.3 Å². The molecule has 0 aliphatic heterocycles. The predicted octanol–water partition coefficient (Wildman–Crippen LogP) is 3.78. The molecule has 0 radical (unpaired) electrons. The molecule has 0 aromatic heterocycles. The molecule has 0 saturated heterocycles. The highest BCUT2D eigenvalue weighted by atomic mass is 35.5. The number of rotatable bonds is 9. The van der Waals surface area contributed by atoms with E-state index in [1.165, 1.54) is 11.8 Å². The molecule has 0 saturated carbocycles. The minimum Gasteiger partial charge on any atom is -0.496 e. The van der Waals surface area contributed by atoms with E-state index in [1.807, 2.05) is 30.3 Å². The Balaban J connectivity index is 1.64. The molecule has 2 aromatic rings. The highest BCUT2D eigenvalue weighted by molar-refractivity contribution is 7.99. The van der Waals surface area contributed by atoms with Crippen LogP contribution in [0, 0.1) is 0 Å². The number of hydrogen-bond donors (Lipinski definition) is 1. The molecular formula is C18H20ClNO3S. The number of para-hydroxylation sites is 1. The van der Waals surface area contributed by atoms with Gasteiger partial charge in [0.15, 0.2) is 0 Å². The smallest absolute Gasteiger partial charge is 0.230 e. The number of carbonyl (C=O) groups excluding carboxylic acids is 1. The Labute approximate surface area is 151 Å². The van der Waals surface area contributed by atoms with Gasteiger partial charge >= 0.3 is 0 Å². The van der Waals surface area contributed by atoms with Gasteiger partial charge in [0.25, 0.3) is 0 Å². The van der Waals surface area contributed by atoms with Crippen LogP contribution in [0.25, 0.3) is 0 Å². The van der Waals surface area contributed by atoms with E-state index in [-0.39, 0.29) is 5.91 Å². The Bertz CT molecular complexity index is 652. The van der Waals surface area contributed by atoms with Gasteiger partial charge in [-0.1, -0.05) is 29.8 Å². The van der Waals surface area contributed by atoms with Gasteiger partial charge in [-0.25, -0.2) is 0 Å². The second-order valence-electron chi connectivity index (χ2n) is 4.95. The number of hydrogen-bond acceptors (Lipinski definition) is 4. The van der Waals surface area contributed by atoms with Gasteiger partial charge in [0.05, 0.1) is 19.5 Å². The van der Waals surface area contributed by atoms with E-state index in [0.29, 0.717) is 29.7 Å². The number of amides is 1. The SMILES string of the molecule is COc1ccc(Cl)cc1CNC(=O)CSCCOc1ccccc1. The second-order valence-corrected chi connectivity index (χ2v) is 6.49. The third-order valence-electron chi connectivity index (χ3n) is 3.19. The molecule has 0 heterocycles. The summed E-state index contributed by atoms with van der Waals surface area (Å²) in [5, 5.41) is 3.49. The Kier molecular flexibility index (Phi) is 7.79. The number of ether oxygens (including phenoxy) is 2. The minimum absolute atomic E-state index is 0.0262. The molecule has 0 atom stereocenters. The van der Waals surface area contributed by atoms with Gasteiger partial charge in [0.1, 0.15) is 11.5 Å². The third-order valence-corrected chi connectivity index (χ3v) is 4.35. The average Bonchev–Trinajstić information content (AvgIpc) is 2.60. The van der Waals surface area contributed by atoms with Crippen molar-refractivity contribution in [2.45, 2.75) is 6.54 Å². The van der Waals surface area contributed by atoms with Gasteiger partial charge in [-0.3, -0.25) is 4.79 Å². The number of carbonyl (C=O) groups is 1. The Hall–Kier alpha value is -1.85. The number of methoxy groups -OCH3 is 1. The van der Waals surface area contributed by atoms with Crippen molar-refractivity contribution in [3.8, 4) is 11.5 Å². The summed E-state index contributed by atoms with van der Waals surface area (Å²) in [6, 6.07) is 15.0. The van der Waals surface area contributed by atoms with Crippen LogP contribution in [0.5, 0.6) is 11.5 Å². The molecule has 0 fully saturated rings. The summed E-state index contributed by atoms with van der Waals surface area (Å²) in [7, 11) is 1.59. The molecule has 128 valence electrons. The van der Waals surface area contributed by atoms with Crippen molar-refractivity contribution in [3.63, 3.8) is 0 Å². The van der Waals surface area contributed by atoms with E-state index >= 15 is 0 Å². The van der Waals surface area contributed by atoms with Crippen LogP contribution in [0.2, 0.25) is 5.02 Å².